The van der Waals surface area contributed by atoms with E-state index in [4.69, 9.17) is 4.74 Å². The Kier molecular flexibility index (Phi) is 5.95. The molecule has 0 aliphatic heterocycles. The molecule has 4 rings (SSSR count). The number of ether oxygens (including phenoxy) is 1. The minimum Gasteiger partial charge on any atom is -0.496 e. The van der Waals surface area contributed by atoms with Gasteiger partial charge in [0.25, 0.3) is 5.91 Å². The molecule has 4 aromatic rings. The predicted octanol–water partition coefficient (Wildman–Crippen LogP) is 4.38. The fourth-order valence-corrected chi connectivity index (χ4v) is 3.46. The van der Waals surface area contributed by atoms with E-state index in [-0.39, 0.29) is 5.91 Å². The number of aromatic nitrogens is 4. The number of carbonyl (C=O) groups excluding carboxylic acids is 1. The molecule has 8 heteroatoms. The van der Waals surface area contributed by atoms with Crippen LogP contribution in [0, 0.1) is 0 Å². The van der Waals surface area contributed by atoms with Crippen molar-refractivity contribution in [2.75, 3.05) is 12.4 Å². The number of methoxy groups -OCH3 is 1. The maximum atomic E-state index is 12.9. The second-order valence-corrected chi connectivity index (χ2v) is 7.29. The lowest BCUT2D eigenvalue weighted by Crippen LogP contribution is -2.14. The molecule has 0 spiro atoms. The monoisotopic (exact) mass is 417 g/mol. The van der Waals surface area contributed by atoms with Crippen molar-refractivity contribution >= 4 is 29.3 Å². The van der Waals surface area contributed by atoms with Gasteiger partial charge in [0.2, 0.25) is 5.95 Å². The van der Waals surface area contributed by atoms with Gasteiger partial charge in [0.05, 0.1) is 13.7 Å². The smallest absolute Gasteiger partial charge is 0.274 e. The van der Waals surface area contributed by atoms with Crippen LogP contribution in [0.5, 0.6) is 5.75 Å². The number of benzene rings is 1. The highest BCUT2D eigenvalue weighted by Crippen LogP contribution is 2.20. The van der Waals surface area contributed by atoms with Gasteiger partial charge in [-0.05, 0) is 35.7 Å². The zero-order valence-electron chi connectivity index (χ0n) is 16.2. The third-order valence-electron chi connectivity index (χ3n) is 4.28. The number of nitrogens with one attached hydrogen (secondary N) is 1. The zero-order chi connectivity index (χ0) is 20.8. The summed E-state index contributed by atoms with van der Waals surface area (Å²) in [6.45, 7) is 0.548. The predicted molar refractivity (Wildman–Crippen MR) is 118 cm³/mol. The lowest BCUT2D eigenvalue weighted by atomic mass is 10.2. The van der Waals surface area contributed by atoms with Crippen molar-refractivity contribution in [3.05, 3.63) is 82.8 Å². The number of allylic oxidation sites excluding steroid dienone is 1. The first-order valence-corrected chi connectivity index (χ1v) is 10.1. The van der Waals surface area contributed by atoms with Crippen LogP contribution in [0.15, 0.2) is 72.4 Å². The van der Waals surface area contributed by atoms with Gasteiger partial charge in [-0.1, -0.05) is 24.3 Å². The second kappa shape index (κ2) is 9.15. The highest BCUT2D eigenvalue weighted by atomic mass is 32.1. The average Bonchev–Trinajstić information content (AvgIpc) is 3.47. The lowest BCUT2D eigenvalue weighted by molar-refractivity contribution is 0.0957. The molecular formula is C22H19N5O2S. The maximum absolute atomic E-state index is 12.9. The van der Waals surface area contributed by atoms with Gasteiger partial charge in [-0.15, -0.1) is 16.4 Å². The summed E-state index contributed by atoms with van der Waals surface area (Å²) < 4.78 is 6.60. The largest absolute Gasteiger partial charge is 0.496 e. The minimum absolute atomic E-state index is 0.322. The molecule has 0 bridgehead atoms. The molecule has 3 heterocycles. The van der Waals surface area contributed by atoms with Gasteiger partial charge >= 0.3 is 0 Å². The summed E-state index contributed by atoms with van der Waals surface area (Å²) in [5, 5.41) is 9.62. The van der Waals surface area contributed by atoms with E-state index < -0.39 is 0 Å². The molecule has 0 saturated carbocycles. The van der Waals surface area contributed by atoms with Crippen LogP contribution < -0.4 is 10.1 Å². The van der Waals surface area contributed by atoms with Crippen molar-refractivity contribution in [1.29, 1.82) is 0 Å². The number of nitrogens with zero attached hydrogens (tertiary/aromatic N) is 4. The summed E-state index contributed by atoms with van der Waals surface area (Å²) in [6.07, 6.45) is 6.50. The summed E-state index contributed by atoms with van der Waals surface area (Å²) in [7, 11) is 1.60. The fraction of sp³-hybridized carbons (Fsp3) is 0.0909. The van der Waals surface area contributed by atoms with E-state index >= 15 is 0 Å². The van der Waals surface area contributed by atoms with E-state index in [1.54, 1.807) is 43.0 Å². The van der Waals surface area contributed by atoms with Crippen LogP contribution in [0.1, 0.15) is 15.2 Å². The van der Waals surface area contributed by atoms with Gasteiger partial charge < -0.3 is 10.1 Å². The standard InChI is InChI=1S/C22H19N5O2S/c1-29-19-9-3-2-6-16(19)10-11-20(28)27-22(24-15-18-8-5-13-30-18)25-21(26-27)17-7-4-12-23-14-17/h2-14H,15H2,1H3,(H,24,25,26). The number of thiophene rings is 1. The highest BCUT2D eigenvalue weighted by Gasteiger charge is 2.16. The second-order valence-electron chi connectivity index (χ2n) is 6.26. The Hall–Kier alpha value is -3.78. The van der Waals surface area contributed by atoms with Crippen molar-refractivity contribution in [2.45, 2.75) is 6.54 Å². The molecule has 7 nitrogen and oxygen atoms in total. The van der Waals surface area contributed by atoms with Crippen molar-refractivity contribution in [3.8, 4) is 17.1 Å². The molecule has 0 aliphatic rings. The van der Waals surface area contributed by atoms with E-state index in [9.17, 15) is 4.79 Å². The molecule has 0 radical (unpaired) electrons. The Morgan fingerprint density at radius 3 is 2.87 bits per heavy atom. The number of hydrogen-bond acceptors (Lipinski definition) is 7. The minimum atomic E-state index is -0.322. The zero-order valence-corrected chi connectivity index (χ0v) is 17.0. The molecule has 30 heavy (non-hydrogen) atoms. The van der Waals surface area contributed by atoms with Crippen LogP contribution >= 0.6 is 11.3 Å². The Bertz CT molecular complexity index is 1150. The molecule has 0 aliphatic carbocycles. The first-order valence-electron chi connectivity index (χ1n) is 9.24. The van der Waals surface area contributed by atoms with Gasteiger partial charge in [-0.3, -0.25) is 9.78 Å². The van der Waals surface area contributed by atoms with Gasteiger partial charge in [0, 0.05) is 34.5 Å². The molecule has 3 aromatic heterocycles. The SMILES string of the molecule is COc1ccccc1C=CC(=O)n1nc(-c2cccnc2)nc1NCc1cccs1. The van der Waals surface area contributed by atoms with Gasteiger partial charge in [-0.25, -0.2) is 0 Å². The molecule has 0 saturated heterocycles. The van der Waals surface area contributed by atoms with Crippen molar-refractivity contribution in [2.24, 2.45) is 0 Å². The normalized spacial score (nSPS) is 11.0. The van der Waals surface area contributed by atoms with Gasteiger partial charge in [0.15, 0.2) is 5.82 Å². The van der Waals surface area contributed by atoms with Crippen LogP contribution in [0.2, 0.25) is 0 Å². The van der Waals surface area contributed by atoms with Crippen LogP contribution in [0.3, 0.4) is 0 Å². The molecule has 0 amide bonds. The number of pyridine rings is 1. The molecule has 0 fully saturated rings. The van der Waals surface area contributed by atoms with E-state index in [1.165, 1.54) is 10.8 Å². The van der Waals surface area contributed by atoms with Crippen molar-refractivity contribution < 1.29 is 9.53 Å². The number of anilines is 1. The number of rotatable bonds is 7. The molecule has 150 valence electrons. The Morgan fingerprint density at radius 2 is 2.10 bits per heavy atom. The first kappa shape index (κ1) is 19.5. The Morgan fingerprint density at radius 1 is 1.20 bits per heavy atom. The average molecular weight is 417 g/mol. The molecule has 0 unspecified atom stereocenters. The van der Waals surface area contributed by atoms with Gasteiger partial charge in [-0.2, -0.15) is 9.67 Å². The number of carbonyl (C=O) groups is 1. The quantitative estimate of drug-likeness (QED) is 0.450. The fourth-order valence-electron chi connectivity index (χ4n) is 2.81. The molecular weight excluding hydrogens is 398 g/mol. The van der Waals surface area contributed by atoms with E-state index in [0.29, 0.717) is 24.1 Å². The number of hydrogen-bond donors (Lipinski definition) is 1. The van der Waals surface area contributed by atoms with Crippen molar-refractivity contribution in [3.63, 3.8) is 0 Å². The summed E-state index contributed by atoms with van der Waals surface area (Å²) in [5.41, 5.74) is 1.53. The summed E-state index contributed by atoms with van der Waals surface area (Å²) in [5.74, 6) is 1.16. The van der Waals surface area contributed by atoms with Crippen LogP contribution in [0.25, 0.3) is 17.5 Å². The number of para-hydroxylation sites is 1. The molecule has 1 aromatic carbocycles. The van der Waals surface area contributed by atoms with Crippen LogP contribution in [0.4, 0.5) is 5.95 Å². The Balaban J connectivity index is 1.63. The highest BCUT2D eigenvalue weighted by molar-refractivity contribution is 7.09. The molecule has 0 atom stereocenters. The summed E-state index contributed by atoms with van der Waals surface area (Å²) >= 11 is 1.63. The third kappa shape index (κ3) is 4.44. The van der Waals surface area contributed by atoms with E-state index in [2.05, 4.69) is 20.4 Å². The topological polar surface area (TPSA) is 81.9 Å². The summed E-state index contributed by atoms with van der Waals surface area (Å²) in [6, 6.07) is 15.1. The van der Waals surface area contributed by atoms with Crippen LogP contribution in [-0.2, 0) is 6.54 Å². The summed E-state index contributed by atoms with van der Waals surface area (Å²) in [4.78, 5) is 22.7. The van der Waals surface area contributed by atoms with E-state index in [1.807, 2.05) is 47.8 Å². The third-order valence-corrected chi connectivity index (χ3v) is 5.16. The van der Waals surface area contributed by atoms with E-state index in [0.717, 1.165) is 16.0 Å². The van der Waals surface area contributed by atoms with Crippen molar-refractivity contribution in [1.82, 2.24) is 19.7 Å². The Labute approximate surface area is 177 Å². The maximum Gasteiger partial charge on any atom is 0.274 e. The van der Waals surface area contributed by atoms with Gasteiger partial charge in [0.1, 0.15) is 5.75 Å². The first-order chi connectivity index (χ1) is 14.7. The lowest BCUT2D eigenvalue weighted by Gasteiger charge is -2.05. The van der Waals surface area contributed by atoms with Crippen LogP contribution in [-0.4, -0.2) is 32.8 Å². The molecule has 1 N–H and O–H groups in total.